The minimum Gasteiger partial charge on any atom is -0.311 e. The first-order chi connectivity index (χ1) is 7.61. The molecule has 1 aliphatic heterocycles. The van der Waals surface area contributed by atoms with Crippen molar-refractivity contribution >= 4 is 10.8 Å². The van der Waals surface area contributed by atoms with Crippen LogP contribution in [-0.2, 0) is 10.8 Å². The molecule has 1 aliphatic rings. The van der Waals surface area contributed by atoms with Crippen molar-refractivity contribution < 1.29 is 4.21 Å². The van der Waals surface area contributed by atoms with Crippen LogP contribution in [0.5, 0.6) is 0 Å². The summed E-state index contributed by atoms with van der Waals surface area (Å²) in [7, 11) is -0.686. The van der Waals surface area contributed by atoms with Crippen molar-refractivity contribution in [2.45, 2.75) is 45.2 Å². The van der Waals surface area contributed by atoms with E-state index < -0.39 is 10.8 Å². The number of rotatable bonds is 5. The fourth-order valence-electron chi connectivity index (χ4n) is 2.44. The van der Waals surface area contributed by atoms with Crippen LogP contribution in [0.15, 0.2) is 0 Å². The summed E-state index contributed by atoms with van der Waals surface area (Å²) >= 11 is 0. The molecule has 3 unspecified atom stereocenters. The van der Waals surface area contributed by atoms with E-state index in [1.165, 1.54) is 38.9 Å². The highest BCUT2D eigenvalue weighted by Gasteiger charge is 2.17. The van der Waals surface area contributed by atoms with Gasteiger partial charge in [-0.3, -0.25) is 4.21 Å². The second-order valence-corrected chi connectivity index (χ2v) is 6.35. The van der Waals surface area contributed by atoms with E-state index in [9.17, 15) is 4.21 Å². The number of nitrogens with zero attached hydrogens (tertiary/aromatic N) is 1. The van der Waals surface area contributed by atoms with Gasteiger partial charge in [0.15, 0.2) is 0 Å². The van der Waals surface area contributed by atoms with Gasteiger partial charge in [-0.05, 0) is 45.8 Å². The van der Waals surface area contributed by atoms with Gasteiger partial charge in [0, 0.05) is 34.9 Å². The van der Waals surface area contributed by atoms with Gasteiger partial charge < -0.3 is 10.2 Å². The molecule has 0 aromatic rings. The van der Waals surface area contributed by atoms with Crippen molar-refractivity contribution in [3.8, 4) is 0 Å². The second-order valence-electron chi connectivity index (χ2n) is 4.87. The summed E-state index contributed by atoms with van der Waals surface area (Å²) < 4.78 is 11.1. The van der Waals surface area contributed by atoms with Gasteiger partial charge in [-0.15, -0.1) is 0 Å². The maximum absolute atomic E-state index is 11.1. The second kappa shape index (κ2) is 7.41. The minimum atomic E-state index is -0.686. The lowest BCUT2D eigenvalue weighted by atomic mass is 10.1. The fourth-order valence-corrected chi connectivity index (χ4v) is 3.24. The largest absolute Gasteiger partial charge is 0.311 e. The van der Waals surface area contributed by atoms with Crippen LogP contribution in [0.3, 0.4) is 0 Å². The molecule has 0 aliphatic carbocycles. The van der Waals surface area contributed by atoms with Crippen molar-refractivity contribution in [2.24, 2.45) is 0 Å². The van der Waals surface area contributed by atoms with Crippen LogP contribution < -0.4 is 5.32 Å². The zero-order valence-corrected chi connectivity index (χ0v) is 11.7. The summed E-state index contributed by atoms with van der Waals surface area (Å²) in [5, 5.41) is 3.62. The van der Waals surface area contributed by atoms with Crippen LogP contribution in [0.2, 0.25) is 0 Å². The molecule has 1 heterocycles. The third kappa shape index (κ3) is 5.41. The van der Waals surface area contributed by atoms with E-state index in [-0.39, 0.29) is 0 Å². The molecule has 1 rings (SSSR count). The number of hydrogen-bond acceptors (Lipinski definition) is 3. The van der Waals surface area contributed by atoms with E-state index in [2.05, 4.69) is 24.1 Å². The molecule has 3 nitrogen and oxygen atoms in total. The number of nitrogens with one attached hydrogen (secondary N) is 1. The smallest absolute Gasteiger partial charge is 0.0383 e. The summed E-state index contributed by atoms with van der Waals surface area (Å²) in [6.07, 6.45) is 5.56. The lowest BCUT2D eigenvalue weighted by molar-refractivity contribution is 0.296. The zero-order valence-electron chi connectivity index (χ0n) is 10.9. The highest BCUT2D eigenvalue weighted by atomic mass is 32.2. The van der Waals surface area contributed by atoms with E-state index in [0.29, 0.717) is 12.1 Å². The minimum absolute atomic E-state index is 0.379. The normalized spacial score (nSPS) is 27.3. The molecule has 3 atom stereocenters. The molecule has 16 heavy (non-hydrogen) atoms. The van der Waals surface area contributed by atoms with Gasteiger partial charge in [0.1, 0.15) is 0 Å². The quantitative estimate of drug-likeness (QED) is 0.791. The van der Waals surface area contributed by atoms with Gasteiger partial charge in [0.2, 0.25) is 0 Å². The van der Waals surface area contributed by atoms with Crippen LogP contribution in [0, 0.1) is 0 Å². The van der Waals surface area contributed by atoms with Crippen molar-refractivity contribution in [2.75, 3.05) is 31.6 Å². The number of hydrogen-bond donors (Lipinski definition) is 1. The third-order valence-corrected chi connectivity index (χ3v) is 4.24. The molecule has 1 saturated heterocycles. The first kappa shape index (κ1) is 14.1. The Morgan fingerprint density at radius 1 is 1.44 bits per heavy atom. The number of likely N-dealkylation sites (tertiary alicyclic amines) is 1. The van der Waals surface area contributed by atoms with E-state index in [1.807, 2.05) is 0 Å². The predicted octanol–water partition coefficient (Wildman–Crippen LogP) is 1.22. The Hall–Kier alpha value is 0.0700. The van der Waals surface area contributed by atoms with Crippen molar-refractivity contribution in [1.29, 1.82) is 0 Å². The van der Waals surface area contributed by atoms with E-state index in [1.54, 1.807) is 6.26 Å². The molecule has 1 N–H and O–H groups in total. The van der Waals surface area contributed by atoms with Crippen LogP contribution in [0.4, 0.5) is 0 Å². The lowest BCUT2D eigenvalue weighted by Gasteiger charge is -2.22. The summed E-state index contributed by atoms with van der Waals surface area (Å²) in [4.78, 5) is 2.52. The van der Waals surface area contributed by atoms with E-state index in [4.69, 9.17) is 0 Å². The molecule has 0 amide bonds. The van der Waals surface area contributed by atoms with Gasteiger partial charge >= 0.3 is 0 Å². The monoisotopic (exact) mass is 246 g/mol. The zero-order chi connectivity index (χ0) is 12.0. The fraction of sp³-hybridized carbons (Fsp3) is 1.00. The van der Waals surface area contributed by atoms with Crippen LogP contribution in [0.25, 0.3) is 0 Å². The Morgan fingerprint density at radius 3 is 2.81 bits per heavy atom. The first-order valence-corrected chi connectivity index (χ1v) is 8.13. The average Bonchev–Trinajstić information content (AvgIpc) is 2.41. The lowest BCUT2D eigenvalue weighted by Crippen LogP contribution is -2.40. The van der Waals surface area contributed by atoms with Crippen molar-refractivity contribution in [3.05, 3.63) is 0 Å². The summed E-state index contributed by atoms with van der Waals surface area (Å²) in [5.74, 6) is 0.772. The summed E-state index contributed by atoms with van der Waals surface area (Å²) in [5.41, 5.74) is 0. The summed E-state index contributed by atoms with van der Waals surface area (Å²) in [6.45, 7) is 7.99. The van der Waals surface area contributed by atoms with Crippen LogP contribution in [0.1, 0.15) is 33.1 Å². The van der Waals surface area contributed by atoms with Crippen molar-refractivity contribution in [1.82, 2.24) is 10.2 Å². The maximum atomic E-state index is 11.1. The standard InChI is InChI=1S/C12H26N2OS/c1-4-14-8-5-6-12(7-9-14)13-11(2)10-16(3)15/h11-13H,4-10H2,1-3H3. The Kier molecular flexibility index (Phi) is 6.54. The van der Waals surface area contributed by atoms with Gasteiger partial charge in [-0.2, -0.15) is 0 Å². The highest BCUT2D eigenvalue weighted by molar-refractivity contribution is 7.84. The Morgan fingerprint density at radius 2 is 2.19 bits per heavy atom. The molecule has 0 radical (unpaired) electrons. The Balaban J connectivity index is 2.29. The molecule has 0 spiro atoms. The molecule has 1 fully saturated rings. The molecule has 0 aromatic carbocycles. The predicted molar refractivity (Wildman–Crippen MR) is 71.3 cm³/mol. The van der Waals surface area contributed by atoms with Crippen LogP contribution >= 0.6 is 0 Å². The van der Waals surface area contributed by atoms with Gasteiger partial charge in [0.05, 0.1) is 0 Å². The SMILES string of the molecule is CCN1CCCC(NC(C)CS(C)=O)CC1. The highest BCUT2D eigenvalue weighted by Crippen LogP contribution is 2.11. The third-order valence-electron chi connectivity index (χ3n) is 3.27. The Bertz CT molecular complexity index is 223. The van der Waals surface area contributed by atoms with Gasteiger partial charge in [-0.25, -0.2) is 0 Å². The van der Waals surface area contributed by atoms with E-state index >= 15 is 0 Å². The molecule has 96 valence electrons. The van der Waals surface area contributed by atoms with Gasteiger partial charge in [-0.1, -0.05) is 6.92 Å². The molecule has 0 bridgehead atoms. The van der Waals surface area contributed by atoms with Crippen LogP contribution in [-0.4, -0.2) is 52.8 Å². The van der Waals surface area contributed by atoms with E-state index in [0.717, 1.165) is 5.75 Å². The first-order valence-electron chi connectivity index (χ1n) is 6.40. The molecule has 0 saturated carbocycles. The molecular formula is C12H26N2OS. The average molecular weight is 246 g/mol. The molecule has 4 heteroatoms. The Labute approximate surface area is 102 Å². The molecule has 0 aromatic heterocycles. The summed E-state index contributed by atoms with van der Waals surface area (Å²) in [6, 6.07) is 0.999. The van der Waals surface area contributed by atoms with Crippen molar-refractivity contribution in [3.63, 3.8) is 0 Å². The molecular weight excluding hydrogens is 220 g/mol. The topological polar surface area (TPSA) is 32.3 Å². The maximum Gasteiger partial charge on any atom is 0.0383 e. The van der Waals surface area contributed by atoms with Gasteiger partial charge in [0.25, 0.3) is 0 Å².